The Bertz CT molecular complexity index is 1170. The van der Waals surface area contributed by atoms with Gasteiger partial charge in [-0.05, 0) is 96.6 Å². The standard InChI is InChI=1S/C23H18IN3O2/c1-14-3-5-17(6-4-14)22-26-27-23(29-22)18-9-7-16(8-10-18)21(28)25-20-12-11-19(24)13-15(20)2/h3-13H,1-2H3,(H,25,28). The van der Waals surface area contributed by atoms with Crippen molar-refractivity contribution in [3.63, 3.8) is 0 Å². The predicted molar refractivity (Wildman–Crippen MR) is 122 cm³/mol. The van der Waals surface area contributed by atoms with Gasteiger partial charge in [0.1, 0.15) is 0 Å². The van der Waals surface area contributed by atoms with Gasteiger partial charge >= 0.3 is 0 Å². The number of amides is 1. The average molecular weight is 495 g/mol. The van der Waals surface area contributed by atoms with Crippen molar-refractivity contribution in [1.29, 1.82) is 0 Å². The molecule has 0 fully saturated rings. The number of carbonyl (C=O) groups is 1. The molecule has 0 saturated carbocycles. The molecule has 0 bridgehead atoms. The van der Waals surface area contributed by atoms with Crippen LogP contribution in [0.1, 0.15) is 21.5 Å². The van der Waals surface area contributed by atoms with Crippen LogP contribution in [-0.2, 0) is 0 Å². The summed E-state index contributed by atoms with van der Waals surface area (Å²) in [7, 11) is 0. The van der Waals surface area contributed by atoms with Crippen LogP contribution in [0.3, 0.4) is 0 Å². The van der Waals surface area contributed by atoms with Gasteiger partial charge in [0, 0.05) is 25.9 Å². The van der Waals surface area contributed by atoms with Crippen molar-refractivity contribution in [2.45, 2.75) is 13.8 Å². The van der Waals surface area contributed by atoms with Crippen LogP contribution in [-0.4, -0.2) is 16.1 Å². The molecule has 1 heterocycles. The van der Waals surface area contributed by atoms with E-state index in [2.05, 4.69) is 38.1 Å². The summed E-state index contributed by atoms with van der Waals surface area (Å²) in [5.41, 5.74) is 5.19. The molecule has 4 aromatic rings. The van der Waals surface area contributed by atoms with Gasteiger partial charge < -0.3 is 9.73 Å². The van der Waals surface area contributed by atoms with Gasteiger partial charge in [-0.15, -0.1) is 10.2 Å². The Hall–Kier alpha value is -3.00. The molecule has 0 spiro atoms. The minimum absolute atomic E-state index is 0.160. The number of hydrogen-bond donors (Lipinski definition) is 1. The third-order valence-electron chi connectivity index (χ3n) is 4.55. The molecule has 3 aromatic carbocycles. The first-order valence-corrected chi connectivity index (χ1v) is 10.2. The zero-order valence-electron chi connectivity index (χ0n) is 15.9. The van der Waals surface area contributed by atoms with Crippen molar-refractivity contribution >= 4 is 34.2 Å². The molecule has 29 heavy (non-hydrogen) atoms. The molecule has 0 aliphatic carbocycles. The first kappa shape index (κ1) is 19.3. The first-order valence-electron chi connectivity index (χ1n) is 9.08. The first-order chi connectivity index (χ1) is 14.0. The second-order valence-electron chi connectivity index (χ2n) is 6.77. The molecule has 0 aliphatic heterocycles. The highest BCUT2D eigenvalue weighted by atomic mass is 127. The average Bonchev–Trinajstić information content (AvgIpc) is 3.21. The lowest BCUT2D eigenvalue weighted by Gasteiger charge is -2.09. The van der Waals surface area contributed by atoms with E-state index in [-0.39, 0.29) is 5.91 Å². The molecule has 4 rings (SSSR count). The maximum Gasteiger partial charge on any atom is 0.255 e. The number of aromatic nitrogens is 2. The molecule has 1 N–H and O–H groups in total. The Balaban J connectivity index is 1.50. The van der Waals surface area contributed by atoms with Crippen LogP contribution in [0.15, 0.2) is 71.1 Å². The van der Waals surface area contributed by atoms with E-state index in [1.165, 1.54) is 5.56 Å². The third kappa shape index (κ3) is 4.37. The molecule has 6 heteroatoms. The Morgan fingerprint density at radius 1 is 0.862 bits per heavy atom. The molecule has 5 nitrogen and oxygen atoms in total. The second kappa shape index (κ2) is 8.16. The fraction of sp³-hybridized carbons (Fsp3) is 0.0870. The van der Waals surface area contributed by atoms with Crippen LogP contribution >= 0.6 is 22.6 Å². The summed E-state index contributed by atoms with van der Waals surface area (Å²) in [6.45, 7) is 4.00. The van der Waals surface area contributed by atoms with E-state index in [4.69, 9.17) is 4.42 Å². The topological polar surface area (TPSA) is 68.0 Å². The van der Waals surface area contributed by atoms with Gasteiger partial charge in [0.25, 0.3) is 5.91 Å². The zero-order chi connectivity index (χ0) is 20.4. The van der Waals surface area contributed by atoms with Crippen LogP contribution in [0.4, 0.5) is 5.69 Å². The van der Waals surface area contributed by atoms with E-state index >= 15 is 0 Å². The van der Waals surface area contributed by atoms with Gasteiger partial charge in [0.15, 0.2) is 0 Å². The predicted octanol–water partition coefficient (Wildman–Crippen LogP) is 5.88. The molecule has 0 unspecified atom stereocenters. The van der Waals surface area contributed by atoms with Gasteiger partial charge in [0.05, 0.1) is 0 Å². The zero-order valence-corrected chi connectivity index (χ0v) is 18.1. The van der Waals surface area contributed by atoms with E-state index in [9.17, 15) is 4.79 Å². The van der Waals surface area contributed by atoms with Crippen LogP contribution in [0, 0.1) is 17.4 Å². The lowest BCUT2D eigenvalue weighted by molar-refractivity contribution is 0.102. The Kier molecular flexibility index (Phi) is 5.44. The smallest absolute Gasteiger partial charge is 0.255 e. The maximum absolute atomic E-state index is 12.6. The normalized spacial score (nSPS) is 10.7. The molecule has 1 amide bonds. The monoisotopic (exact) mass is 495 g/mol. The lowest BCUT2D eigenvalue weighted by Crippen LogP contribution is -2.12. The van der Waals surface area contributed by atoms with E-state index in [1.54, 1.807) is 12.1 Å². The summed E-state index contributed by atoms with van der Waals surface area (Å²) >= 11 is 2.25. The minimum Gasteiger partial charge on any atom is -0.416 e. The number of halogens is 1. The SMILES string of the molecule is Cc1ccc(-c2nnc(-c3ccc(C(=O)Nc4ccc(I)cc4C)cc3)o2)cc1. The van der Waals surface area contributed by atoms with Gasteiger partial charge in [0.2, 0.25) is 11.8 Å². The van der Waals surface area contributed by atoms with Crippen LogP contribution in [0.5, 0.6) is 0 Å². The summed E-state index contributed by atoms with van der Waals surface area (Å²) in [5, 5.41) is 11.2. The Morgan fingerprint density at radius 2 is 1.45 bits per heavy atom. The molecule has 0 aliphatic rings. The number of nitrogens with zero attached hydrogens (tertiary/aromatic N) is 2. The molecule has 0 radical (unpaired) electrons. The number of hydrogen-bond acceptors (Lipinski definition) is 4. The second-order valence-corrected chi connectivity index (χ2v) is 8.01. The number of benzene rings is 3. The van der Waals surface area contributed by atoms with E-state index in [0.29, 0.717) is 17.3 Å². The lowest BCUT2D eigenvalue weighted by atomic mass is 10.1. The number of aryl methyl sites for hydroxylation is 2. The minimum atomic E-state index is -0.160. The Morgan fingerprint density at radius 3 is 2.03 bits per heavy atom. The summed E-state index contributed by atoms with van der Waals surface area (Å²) in [6, 6.07) is 20.9. The Labute approximate surface area is 182 Å². The van der Waals surface area contributed by atoms with E-state index in [0.717, 1.165) is 25.9 Å². The summed E-state index contributed by atoms with van der Waals surface area (Å²) in [5.74, 6) is 0.726. The summed E-state index contributed by atoms with van der Waals surface area (Å²) in [4.78, 5) is 12.6. The van der Waals surface area contributed by atoms with E-state index in [1.807, 2.05) is 68.4 Å². The third-order valence-corrected chi connectivity index (χ3v) is 5.23. The number of anilines is 1. The molecule has 0 saturated heterocycles. The summed E-state index contributed by atoms with van der Waals surface area (Å²) in [6.07, 6.45) is 0. The van der Waals surface area contributed by atoms with Crippen molar-refractivity contribution < 1.29 is 9.21 Å². The fourth-order valence-electron chi connectivity index (χ4n) is 2.88. The molecule has 144 valence electrons. The van der Waals surface area contributed by atoms with Crippen LogP contribution in [0.2, 0.25) is 0 Å². The largest absolute Gasteiger partial charge is 0.416 e. The van der Waals surface area contributed by atoms with Crippen molar-refractivity contribution in [3.05, 3.63) is 87.0 Å². The highest BCUT2D eigenvalue weighted by molar-refractivity contribution is 14.1. The highest BCUT2D eigenvalue weighted by Crippen LogP contribution is 2.25. The number of rotatable bonds is 4. The van der Waals surface area contributed by atoms with Gasteiger partial charge in [-0.25, -0.2) is 0 Å². The molecule has 1 aromatic heterocycles. The molecular formula is C23H18IN3O2. The summed E-state index contributed by atoms with van der Waals surface area (Å²) < 4.78 is 6.93. The van der Waals surface area contributed by atoms with Gasteiger partial charge in [-0.2, -0.15) is 0 Å². The number of nitrogens with one attached hydrogen (secondary N) is 1. The van der Waals surface area contributed by atoms with Crippen molar-refractivity contribution in [1.82, 2.24) is 10.2 Å². The van der Waals surface area contributed by atoms with E-state index < -0.39 is 0 Å². The van der Waals surface area contributed by atoms with Gasteiger partial charge in [-0.3, -0.25) is 4.79 Å². The highest BCUT2D eigenvalue weighted by Gasteiger charge is 2.12. The van der Waals surface area contributed by atoms with Crippen molar-refractivity contribution in [2.24, 2.45) is 0 Å². The van der Waals surface area contributed by atoms with Crippen molar-refractivity contribution in [2.75, 3.05) is 5.32 Å². The van der Waals surface area contributed by atoms with Crippen LogP contribution < -0.4 is 5.32 Å². The van der Waals surface area contributed by atoms with Crippen LogP contribution in [0.25, 0.3) is 22.9 Å². The quantitative estimate of drug-likeness (QED) is 0.360. The molecular weight excluding hydrogens is 477 g/mol. The van der Waals surface area contributed by atoms with Crippen molar-refractivity contribution in [3.8, 4) is 22.9 Å². The number of carbonyl (C=O) groups excluding carboxylic acids is 1. The molecule has 0 atom stereocenters. The van der Waals surface area contributed by atoms with Gasteiger partial charge in [-0.1, -0.05) is 17.7 Å². The maximum atomic E-state index is 12.6. The fourth-order valence-corrected chi connectivity index (χ4v) is 3.53.